The maximum absolute atomic E-state index is 12.7. The minimum absolute atomic E-state index is 0. The fourth-order valence-electron chi connectivity index (χ4n) is 1.54. The first-order valence-electron chi connectivity index (χ1n) is 6.52. The summed E-state index contributed by atoms with van der Waals surface area (Å²) < 4.78 is 12.7. The topological polar surface area (TPSA) is 84.2 Å². The predicted octanol–water partition coefficient (Wildman–Crippen LogP) is 1.68. The summed E-state index contributed by atoms with van der Waals surface area (Å²) in [5.74, 6) is -1.07. The zero-order valence-corrected chi connectivity index (χ0v) is 12.9. The number of halogens is 2. The molecule has 2 unspecified atom stereocenters. The molecule has 21 heavy (non-hydrogen) atoms. The molecule has 1 rings (SSSR count). The van der Waals surface area contributed by atoms with E-state index >= 15 is 0 Å². The molecule has 5 nitrogen and oxygen atoms in total. The number of benzene rings is 1. The van der Waals surface area contributed by atoms with Crippen LogP contribution in [0.4, 0.5) is 10.1 Å². The number of nitrogens with two attached hydrogens (primary N) is 1. The lowest BCUT2D eigenvalue weighted by Crippen LogP contribution is -2.46. The normalized spacial score (nSPS) is 12.8. The lowest BCUT2D eigenvalue weighted by atomic mass is 9.99. The highest BCUT2D eigenvalue weighted by atomic mass is 35.5. The molecule has 1 aromatic carbocycles. The maximum atomic E-state index is 12.7. The second-order valence-electron chi connectivity index (χ2n) is 4.68. The Morgan fingerprint density at radius 2 is 1.86 bits per heavy atom. The van der Waals surface area contributed by atoms with Crippen molar-refractivity contribution in [1.29, 1.82) is 0 Å². The molecule has 0 aliphatic rings. The Hall–Kier alpha value is -1.66. The van der Waals surface area contributed by atoms with Crippen LogP contribution in [0.5, 0.6) is 0 Å². The van der Waals surface area contributed by atoms with Crippen LogP contribution in [0.3, 0.4) is 0 Å². The molecule has 2 amide bonds. The van der Waals surface area contributed by atoms with Gasteiger partial charge in [0.1, 0.15) is 5.82 Å². The third-order valence-electron chi connectivity index (χ3n) is 3.11. The highest BCUT2D eigenvalue weighted by molar-refractivity contribution is 5.95. The molecule has 0 saturated heterocycles. The molecule has 0 aliphatic heterocycles. The van der Waals surface area contributed by atoms with E-state index in [1.807, 2.05) is 13.8 Å². The average molecular weight is 318 g/mol. The van der Waals surface area contributed by atoms with Crippen LogP contribution in [0.15, 0.2) is 24.3 Å². The number of nitrogens with one attached hydrogen (secondary N) is 2. The average Bonchev–Trinajstić information content (AvgIpc) is 2.45. The molecule has 118 valence electrons. The van der Waals surface area contributed by atoms with Crippen LogP contribution in [-0.4, -0.2) is 24.4 Å². The summed E-state index contributed by atoms with van der Waals surface area (Å²) in [6.07, 6.45) is 0.788. The number of carbonyl (C=O) groups is 2. The number of amides is 2. The first kappa shape index (κ1) is 19.3. The van der Waals surface area contributed by atoms with Gasteiger partial charge < -0.3 is 16.4 Å². The highest BCUT2D eigenvalue weighted by Gasteiger charge is 2.19. The molecular formula is C14H21ClFN3O2. The molecule has 2 atom stereocenters. The van der Waals surface area contributed by atoms with Crippen LogP contribution in [-0.2, 0) is 9.59 Å². The molecule has 0 heterocycles. The van der Waals surface area contributed by atoms with Gasteiger partial charge in [0, 0.05) is 5.69 Å². The van der Waals surface area contributed by atoms with Crippen LogP contribution in [0.1, 0.15) is 20.3 Å². The molecule has 0 spiro atoms. The van der Waals surface area contributed by atoms with Gasteiger partial charge in [-0.1, -0.05) is 20.3 Å². The Kier molecular flexibility index (Phi) is 8.57. The van der Waals surface area contributed by atoms with E-state index in [9.17, 15) is 14.0 Å². The van der Waals surface area contributed by atoms with E-state index in [1.54, 1.807) is 0 Å². The molecule has 0 fully saturated rings. The Morgan fingerprint density at radius 3 is 2.38 bits per heavy atom. The highest BCUT2D eigenvalue weighted by Crippen LogP contribution is 2.08. The van der Waals surface area contributed by atoms with Gasteiger partial charge in [-0.3, -0.25) is 9.59 Å². The number of hydrogen-bond donors (Lipinski definition) is 3. The second kappa shape index (κ2) is 9.31. The van der Waals surface area contributed by atoms with Crippen molar-refractivity contribution in [1.82, 2.24) is 5.32 Å². The van der Waals surface area contributed by atoms with Crippen molar-refractivity contribution in [3.05, 3.63) is 30.1 Å². The molecule has 1 aromatic rings. The molecule has 0 bridgehead atoms. The van der Waals surface area contributed by atoms with Gasteiger partial charge in [-0.2, -0.15) is 0 Å². The predicted molar refractivity (Wildman–Crippen MR) is 82.7 cm³/mol. The van der Waals surface area contributed by atoms with Crippen LogP contribution in [0, 0.1) is 11.7 Å². The van der Waals surface area contributed by atoms with E-state index in [0.717, 1.165) is 6.42 Å². The van der Waals surface area contributed by atoms with Gasteiger partial charge >= 0.3 is 0 Å². The summed E-state index contributed by atoms with van der Waals surface area (Å²) in [6, 6.07) is 4.75. The van der Waals surface area contributed by atoms with Crippen LogP contribution in [0.2, 0.25) is 0 Å². The summed E-state index contributed by atoms with van der Waals surface area (Å²) in [5.41, 5.74) is 6.21. The lowest BCUT2D eigenvalue weighted by molar-refractivity contribution is -0.125. The maximum Gasteiger partial charge on any atom is 0.243 e. The molecule has 0 radical (unpaired) electrons. The molecule has 4 N–H and O–H groups in total. The number of anilines is 1. The van der Waals surface area contributed by atoms with Gasteiger partial charge in [-0.15, -0.1) is 12.4 Å². The van der Waals surface area contributed by atoms with Gasteiger partial charge in [-0.05, 0) is 30.2 Å². The molecule has 0 aliphatic carbocycles. The van der Waals surface area contributed by atoms with Gasteiger partial charge in [0.25, 0.3) is 0 Å². The standard InChI is InChI=1S/C14H20FN3O2.ClH/c1-3-9(2)13(16)14(20)17-8-12(19)18-11-6-4-10(15)5-7-11;/h4-7,9,13H,3,8,16H2,1-2H3,(H,17,20)(H,18,19);1H. The zero-order valence-electron chi connectivity index (χ0n) is 12.1. The first-order chi connectivity index (χ1) is 9.43. The van der Waals surface area contributed by atoms with Crippen molar-refractivity contribution in [2.24, 2.45) is 11.7 Å². The largest absolute Gasteiger partial charge is 0.346 e. The van der Waals surface area contributed by atoms with E-state index in [0.29, 0.717) is 5.69 Å². The molecule has 0 saturated carbocycles. The van der Waals surface area contributed by atoms with Crippen LogP contribution >= 0.6 is 12.4 Å². The molecular weight excluding hydrogens is 297 g/mol. The Bertz CT molecular complexity index is 468. The van der Waals surface area contributed by atoms with Crippen molar-refractivity contribution < 1.29 is 14.0 Å². The van der Waals surface area contributed by atoms with Crippen molar-refractivity contribution >= 4 is 29.9 Å². The van der Waals surface area contributed by atoms with E-state index in [4.69, 9.17) is 5.73 Å². The van der Waals surface area contributed by atoms with Gasteiger partial charge in [0.05, 0.1) is 12.6 Å². The minimum atomic E-state index is -0.626. The first-order valence-corrected chi connectivity index (χ1v) is 6.52. The van der Waals surface area contributed by atoms with Gasteiger partial charge in [0.2, 0.25) is 11.8 Å². The summed E-state index contributed by atoms with van der Waals surface area (Å²) in [7, 11) is 0. The second-order valence-corrected chi connectivity index (χ2v) is 4.68. The van der Waals surface area contributed by atoms with Crippen molar-refractivity contribution in [3.63, 3.8) is 0 Å². The van der Waals surface area contributed by atoms with E-state index < -0.39 is 6.04 Å². The smallest absolute Gasteiger partial charge is 0.243 e. The Morgan fingerprint density at radius 1 is 1.29 bits per heavy atom. The monoisotopic (exact) mass is 317 g/mol. The summed E-state index contributed by atoms with van der Waals surface area (Å²) in [4.78, 5) is 23.3. The van der Waals surface area contributed by atoms with Crippen molar-refractivity contribution in [3.8, 4) is 0 Å². The van der Waals surface area contributed by atoms with Crippen LogP contribution in [0.25, 0.3) is 0 Å². The SMILES string of the molecule is CCC(C)C(N)C(=O)NCC(=O)Nc1ccc(F)cc1.Cl. The quantitative estimate of drug-likeness (QED) is 0.746. The summed E-state index contributed by atoms with van der Waals surface area (Å²) in [5, 5.41) is 5.02. The van der Waals surface area contributed by atoms with E-state index in [1.165, 1.54) is 24.3 Å². The fraction of sp³-hybridized carbons (Fsp3) is 0.429. The Labute approximate surface area is 129 Å². The number of hydrogen-bond acceptors (Lipinski definition) is 3. The zero-order chi connectivity index (χ0) is 15.1. The summed E-state index contributed by atoms with van der Waals surface area (Å²) >= 11 is 0. The molecule has 0 aromatic heterocycles. The third kappa shape index (κ3) is 6.55. The van der Waals surface area contributed by atoms with Crippen molar-refractivity contribution in [2.75, 3.05) is 11.9 Å². The lowest BCUT2D eigenvalue weighted by Gasteiger charge is -2.17. The number of carbonyl (C=O) groups excluding carboxylic acids is 2. The van der Waals surface area contributed by atoms with Crippen molar-refractivity contribution in [2.45, 2.75) is 26.3 Å². The van der Waals surface area contributed by atoms with Gasteiger partial charge in [0.15, 0.2) is 0 Å². The van der Waals surface area contributed by atoms with Crippen LogP contribution < -0.4 is 16.4 Å². The van der Waals surface area contributed by atoms with E-state index in [2.05, 4.69) is 10.6 Å². The molecule has 7 heteroatoms. The summed E-state index contributed by atoms with van der Waals surface area (Å²) in [6.45, 7) is 3.65. The van der Waals surface area contributed by atoms with E-state index in [-0.39, 0.29) is 42.5 Å². The number of rotatable bonds is 6. The van der Waals surface area contributed by atoms with Gasteiger partial charge in [-0.25, -0.2) is 4.39 Å². The third-order valence-corrected chi connectivity index (χ3v) is 3.11. The Balaban J connectivity index is 0.00000400. The minimum Gasteiger partial charge on any atom is -0.346 e. The fourth-order valence-corrected chi connectivity index (χ4v) is 1.54.